The van der Waals surface area contributed by atoms with Gasteiger partial charge in [-0.1, -0.05) is 28.1 Å². The summed E-state index contributed by atoms with van der Waals surface area (Å²) in [5, 5.41) is 2.40. The first-order valence-corrected chi connectivity index (χ1v) is 11.4. The molecule has 5 rings (SSSR count). The fourth-order valence-electron chi connectivity index (χ4n) is 3.61. The second kappa shape index (κ2) is 7.99. The van der Waals surface area contributed by atoms with Crippen molar-refractivity contribution < 1.29 is 14.3 Å². The molecule has 1 aliphatic rings. The molecule has 1 amide bonds. The number of benzene rings is 2. The molecule has 9 heteroatoms. The Labute approximate surface area is 195 Å². The molecule has 0 spiro atoms. The zero-order chi connectivity index (χ0) is 22.4. The Morgan fingerprint density at radius 1 is 1.19 bits per heavy atom. The highest BCUT2D eigenvalue weighted by Gasteiger charge is 2.24. The molecule has 3 heterocycles. The summed E-state index contributed by atoms with van der Waals surface area (Å²) in [5.74, 6) is 0.0927. The molecule has 0 saturated heterocycles. The lowest BCUT2D eigenvalue weighted by atomic mass is 10.1. The highest BCUT2D eigenvalue weighted by Crippen LogP contribution is 2.33. The molecule has 1 aliphatic heterocycles. The van der Waals surface area contributed by atoms with Crippen LogP contribution >= 0.6 is 27.3 Å². The van der Waals surface area contributed by atoms with Crippen molar-refractivity contribution in [2.75, 3.05) is 18.6 Å². The van der Waals surface area contributed by atoms with Crippen LogP contribution in [0, 0.1) is 0 Å². The summed E-state index contributed by atoms with van der Waals surface area (Å²) < 4.78 is 7.68. The maximum Gasteiger partial charge on any atom is 0.264 e. The fourth-order valence-corrected chi connectivity index (χ4v) is 4.78. The summed E-state index contributed by atoms with van der Waals surface area (Å²) in [6, 6.07) is 12.6. The smallest absolute Gasteiger partial charge is 0.264 e. The van der Waals surface area contributed by atoms with Crippen LogP contribution < -0.4 is 15.2 Å². The lowest BCUT2D eigenvalue weighted by Gasteiger charge is -2.26. The van der Waals surface area contributed by atoms with Crippen LogP contribution in [0.1, 0.15) is 10.4 Å². The van der Waals surface area contributed by atoms with E-state index < -0.39 is 0 Å². The minimum Gasteiger partial charge on any atom is -0.482 e. The number of fused-ring (bicyclic) bond motifs is 2. The van der Waals surface area contributed by atoms with Crippen molar-refractivity contribution >= 4 is 54.9 Å². The molecule has 32 heavy (non-hydrogen) atoms. The zero-order valence-corrected chi connectivity index (χ0v) is 19.3. The largest absolute Gasteiger partial charge is 0.482 e. The molecule has 0 radical (unpaired) electrons. The van der Waals surface area contributed by atoms with Gasteiger partial charge in [-0.15, -0.1) is 11.3 Å². The van der Waals surface area contributed by atoms with Gasteiger partial charge in [0, 0.05) is 28.0 Å². The van der Waals surface area contributed by atoms with E-state index in [1.165, 1.54) is 27.1 Å². The average Bonchev–Trinajstić information content (AvgIpc) is 3.23. The van der Waals surface area contributed by atoms with Gasteiger partial charge in [-0.3, -0.25) is 19.0 Å². The van der Waals surface area contributed by atoms with Gasteiger partial charge in [-0.25, -0.2) is 4.98 Å². The van der Waals surface area contributed by atoms with E-state index in [1.54, 1.807) is 25.2 Å². The third-order valence-corrected chi connectivity index (χ3v) is 6.81. The molecule has 0 unspecified atom stereocenters. The Balaban J connectivity index is 1.50. The van der Waals surface area contributed by atoms with E-state index in [0.717, 1.165) is 15.6 Å². The van der Waals surface area contributed by atoms with Crippen LogP contribution in [0.5, 0.6) is 5.75 Å². The highest BCUT2D eigenvalue weighted by molar-refractivity contribution is 9.10. The van der Waals surface area contributed by atoms with Crippen molar-refractivity contribution in [1.82, 2.24) is 9.55 Å². The Morgan fingerprint density at radius 3 is 2.75 bits per heavy atom. The second-order valence-corrected chi connectivity index (χ2v) is 9.13. The number of anilines is 1. The molecule has 0 fully saturated rings. The Hall–Kier alpha value is -3.30. The van der Waals surface area contributed by atoms with Crippen molar-refractivity contribution in [3.63, 3.8) is 0 Å². The molecule has 0 aliphatic carbocycles. The van der Waals surface area contributed by atoms with Crippen molar-refractivity contribution in [3.8, 4) is 16.9 Å². The maximum absolute atomic E-state index is 13.2. The molecule has 0 saturated carbocycles. The predicted molar refractivity (Wildman–Crippen MR) is 127 cm³/mol. The van der Waals surface area contributed by atoms with E-state index >= 15 is 0 Å². The number of carbonyl (C=O) groups is 2. The Bertz CT molecular complexity index is 1440. The topological polar surface area (TPSA) is 81.5 Å². The number of nitrogens with zero attached hydrogens (tertiary/aromatic N) is 3. The summed E-state index contributed by atoms with van der Waals surface area (Å²) in [6.45, 7) is -0.187. The van der Waals surface area contributed by atoms with Crippen LogP contribution in [-0.2, 0) is 11.3 Å². The van der Waals surface area contributed by atoms with E-state index in [-0.39, 0.29) is 30.4 Å². The van der Waals surface area contributed by atoms with Gasteiger partial charge < -0.3 is 9.64 Å². The average molecular weight is 510 g/mol. The van der Waals surface area contributed by atoms with Gasteiger partial charge in [0.25, 0.3) is 11.5 Å². The number of rotatable bonds is 4. The van der Waals surface area contributed by atoms with E-state index in [9.17, 15) is 14.4 Å². The summed E-state index contributed by atoms with van der Waals surface area (Å²) >= 11 is 4.82. The van der Waals surface area contributed by atoms with Crippen LogP contribution in [0.4, 0.5) is 5.69 Å². The van der Waals surface area contributed by atoms with Gasteiger partial charge in [-0.2, -0.15) is 0 Å². The predicted octanol–water partition coefficient (Wildman–Crippen LogP) is 4.13. The standard InChI is InChI=1S/C23H16BrN3O4S/c1-26-17-8-14(4-7-19(17)31-10-20(26)29)18(28)9-27-12-25-22-21(23(27)30)16(11-32-22)13-2-5-15(24)6-3-13/h2-8,11-12H,9-10H2,1H3. The number of ether oxygens (including phenoxy) is 1. The lowest BCUT2D eigenvalue weighted by molar-refractivity contribution is -0.120. The van der Waals surface area contributed by atoms with Gasteiger partial charge in [0.2, 0.25) is 0 Å². The monoisotopic (exact) mass is 509 g/mol. The highest BCUT2D eigenvalue weighted by atomic mass is 79.9. The number of amides is 1. The first kappa shape index (κ1) is 20.6. The van der Waals surface area contributed by atoms with Crippen LogP contribution in [0.25, 0.3) is 21.3 Å². The second-order valence-electron chi connectivity index (χ2n) is 7.36. The SMILES string of the molecule is CN1C(=O)COc2ccc(C(=O)Cn3cnc4scc(-c5ccc(Br)cc5)c4c3=O)cc21. The van der Waals surface area contributed by atoms with Gasteiger partial charge in [0.05, 0.1) is 23.9 Å². The molecular formula is C23H16BrN3O4S. The minimum absolute atomic E-state index is 0.0286. The van der Waals surface area contributed by atoms with Crippen molar-refractivity contribution in [2.45, 2.75) is 6.54 Å². The number of Topliss-reactive ketones (excluding diaryl/α,β-unsaturated/α-hetero) is 1. The summed E-state index contributed by atoms with van der Waals surface area (Å²) in [5.41, 5.74) is 2.35. The summed E-state index contributed by atoms with van der Waals surface area (Å²) in [4.78, 5) is 44.6. The normalized spacial score (nSPS) is 13.2. The number of hydrogen-bond donors (Lipinski definition) is 0. The molecule has 0 N–H and O–H groups in total. The molecule has 2 aromatic carbocycles. The molecular weight excluding hydrogens is 494 g/mol. The van der Waals surface area contributed by atoms with E-state index in [4.69, 9.17) is 4.74 Å². The zero-order valence-electron chi connectivity index (χ0n) is 16.9. The molecule has 4 aromatic rings. The van der Waals surface area contributed by atoms with Crippen molar-refractivity contribution in [3.05, 3.63) is 74.6 Å². The van der Waals surface area contributed by atoms with E-state index in [2.05, 4.69) is 20.9 Å². The number of carbonyl (C=O) groups excluding carboxylic acids is 2. The van der Waals surface area contributed by atoms with Gasteiger partial charge >= 0.3 is 0 Å². The van der Waals surface area contributed by atoms with Gasteiger partial charge in [0.1, 0.15) is 10.6 Å². The van der Waals surface area contributed by atoms with Gasteiger partial charge in [-0.05, 0) is 35.9 Å². The number of hydrogen-bond acceptors (Lipinski definition) is 6. The van der Waals surface area contributed by atoms with E-state index in [1.807, 2.05) is 29.6 Å². The molecule has 160 valence electrons. The quantitative estimate of drug-likeness (QED) is 0.386. The van der Waals surface area contributed by atoms with Crippen LogP contribution in [-0.4, -0.2) is 34.9 Å². The number of aromatic nitrogens is 2. The molecule has 7 nitrogen and oxygen atoms in total. The lowest BCUT2D eigenvalue weighted by Crippen LogP contribution is -2.35. The molecule has 0 atom stereocenters. The third-order valence-electron chi connectivity index (χ3n) is 5.40. The van der Waals surface area contributed by atoms with Crippen LogP contribution in [0.15, 0.2) is 63.4 Å². The number of thiophene rings is 1. The van der Waals surface area contributed by atoms with Crippen LogP contribution in [0.2, 0.25) is 0 Å². The first-order chi connectivity index (χ1) is 15.4. The van der Waals surface area contributed by atoms with E-state index in [0.29, 0.717) is 27.2 Å². The first-order valence-electron chi connectivity index (χ1n) is 9.71. The Morgan fingerprint density at radius 2 is 1.97 bits per heavy atom. The summed E-state index contributed by atoms with van der Waals surface area (Å²) in [6.07, 6.45) is 1.40. The number of likely N-dealkylation sites (N-methyl/N-ethyl adjacent to an activating group) is 1. The van der Waals surface area contributed by atoms with Crippen LogP contribution in [0.3, 0.4) is 0 Å². The maximum atomic E-state index is 13.2. The molecule has 0 bridgehead atoms. The van der Waals surface area contributed by atoms with Crippen molar-refractivity contribution in [2.24, 2.45) is 0 Å². The number of ketones is 1. The van der Waals surface area contributed by atoms with Crippen molar-refractivity contribution in [1.29, 1.82) is 0 Å². The fraction of sp³-hybridized carbons (Fsp3) is 0.130. The Kier molecular flexibility index (Phi) is 5.15. The molecule has 2 aromatic heterocycles. The number of halogens is 1. The van der Waals surface area contributed by atoms with Gasteiger partial charge in [0.15, 0.2) is 12.4 Å². The third kappa shape index (κ3) is 3.53. The minimum atomic E-state index is -0.267. The summed E-state index contributed by atoms with van der Waals surface area (Å²) in [7, 11) is 1.64.